The molecule has 0 atom stereocenters. The number of hydrogen-bond acceptors (Lipinski definition) is 10. The summed E-state index contributed by atoms with van der Waals surface area (Å²) < 4.78 is 21.9. The highest BCUT2D eigenvalue weighted by molar-refractivity contribution is 7.14. The molecule has 0 aliphatic carbocycles. The molecule has 3 aromatic rings. The van der Waals surface area contributed by atoms with Crippen molar-refractivity contribution >= 4 is 35.1 Å². The molecule has 3 rings (SSSR count). The molecule has 0 spiro atoms. The molecule has 0 saturated heterocycles. The number of nitriles is 2. The molecular formula is C32H30N2O7S. The molecule has 2 aromatic carbocycles. The lowest BCUT2D eigenvalue weighted by atomic mass is 10.0. The van der Waals surface area contributed by atoms with E-state index in [0.29, 0.717) is 39.7 Å². The zero-order chi connectivity index (χ0) is 30.6. The van der Waals surface area contributed by atoms with E-state index in [4.69, 9.17) is 18.9 Å². The number of ether oxygens (including phenoxy) is 4. The Morgan fingerprint density at radius 1 is 0.905 bits per heavy atom. The number of allylic oxidation sites excluding steroid dienone is 1. The quantitative estimate of drug-likeness (QED) is 0.135. The van der Waals surface area contributed by atoms with Crippen LogP contribution in [-0.4, -0.2) is 37.5 Å². The van der Waals surface area contributed by atoms with E-state index in [-0.39, 0.29) is 42.3 Å². The van der Waals surface area contributed by atoms with Crippen LogP contribution in [-0.2, 0) is 27.3 Å². The first-order valence-corrected chi connectivity index (χ1v) is 14.1. The lowest BCUT2D eigenvalue weighted by molar-refractivity contribution is -0.114. The molecule has 42 heavy (non-hydrogen) atoms. The van der Waals surface area contributed by atoms with Gasteiger partial charge in [-0.15, -0.1) is 11.3 Å². The van der Waals surface area contributed by atoms with Gasteiger partial charge in [0.15, 0.2) is 17.3 Å². The van der Waals surface area contributed by atoms with E-state index < -0.39 is 17.7 Å². The number of hydrogen-bond donors (Lipinski definition) is 0. The van der Waals surface area contributed by atoms with Gasteiger partial charge in [0.1, 0.15) is 17.6 Å². The fourth-order valence-corrected chi connectivity index (χ4v) is 5.24. The van der Waals surface area contributed by atoms with Crippen LogP contribution in [0.25, 0.3) is 6.08 Å². The van der Waals surface area contributed by atoms with E-state index >= 15 is 0 Å². The predicted octanol–water partition coefficient (Wildman–Crippen LogP) is 5.98. The number of carbonyl (C=O) groups excluding carboxylic acids is 3. The molecule has 0 saturated carbocycles. The van der Waals surface area contributed by atoms with Crippen LogP contribution in [0.4, 0.5) is 0 Å². The minimum atomic E-state index is -0.651. The minimum Gasteiger partial charge on any atom is -0.490 e. The van der Waals surface area contributed by atoms with Crippen molar-refractivity contribution in [3.8, 4) is 23.6 Å². The van der Waals surface area contributed by atoms with Gasteiger partial charge in [-0.2, -0.15) is 10.5 Å². The smallest absolute Gasteiger partial charge is 0.348 e. The van der Waals surface area contributed by atoms with Crippen LogP contribution in [0.1, 0.15) is 67.9 Å². The maximum atomic E-state index is 13.3. The molecule has 1 aromatic heterocycles. The second-order valence-electron chi connectivity index (χ2n) is 8.76. The first-order valence-electron chi connectivity index (χ1n) is 13.3. The number of carbonyl (C=O) groups is 3. The van der Waals surface area contributed by atoms with Crippen LogP contribution >= 0.6 is 11.3 Å². The minimum absolute atomic E-state index is 0.117. The number of nitrogens with zero attached hydrogens (tertiary/aromatic N) is 2. The van der Waals surface area contributed by atoms with E-state index in [9.17, 15) is 24.9 Å². The first kappa shape index (κ1) is 31.6. The van der Waals surface area contributed by atoms with E-state index in [1.54, 1.807) is 57.2 Å². The van der Waals surface area contributed by atoms with Gasteiger partial charge >= 0.3 is 11.9 Å². The topological polar surface area (TPSA) is 136 Å². The maximum absolute atomic E-state index is 13.3. The third-order valence-electron chi connectivity index (χ3n) is 6.00. The Morgan fingerprint density at radius 2 is 1.62 bits per heavy atom. The van der Waals surface area contributed by atoms with Gasteiger partial charge in [-0.25, -0.2) is 9.59 Å². The highest BCUT2D eigenvalue weighted by Crippen LogP contribution is 2.32. The molecule has 0 fully saturated rings. The Balaban J connectivity index is 1.89. The monoisotopic (exact) mass is 586 g/mol. The number of esters is 2. The van der Waals surface area contributed by atoms with Crippen molar-refractivity contribution in [3.05, 3.63) is 85.6 Å². The summed E-state index contributed by atoms with van der Waals surface area (Å²) in [6, 6.07) is 16.2. The largest absolute Gasteiger partial charge is 0.490 e. The number of Topliss-reactive ketones (excluding diaryl/α,β-unsaturated/α-hetero) is 1. The molecule has 0 aliphatic heterocycles. The predicted molar refractivity (Wildman–Crippen MR) is 156 cm³/mol. The molecule has 1 heterocycles. The van der Waals surface area contributed by atoms with Crippen molar-refractivity contribution in [2.75, 3.05) is 19.8 Å². The molecule has 9 nitrogen and oxygen atoms in total. The van der Waals surface area contributed by atoms with Crippen LogP contribution in [0.15, 0.2) is 48.0 Å². The van der Waals surface area contributed by atoms with E-state index in [1.807, 2.05) is 19.1 Å². The number of ketones is 1. The Kier molecular flexibility index (Phi) is 11.4. The van der Waals surface area contributed by atoms with Crippen molar-refractivity contribution in [2.45, 2.75) is 40.7 Å². The molecule has 0 aliphatic rings. The lowest BCUT2D eigenvalue weighted by Gasteiger charge is -2.13. The summed E-state index contributed by atoms with van der Waals surface area (Å²) in [6.07, 6.45) is 1.15. The molecule has 0 amide bonds. The number of rotatable bonds is 13. The zero-order valence-electron chi connectivity index (χ0n) is 23.8. The van der Waals surface area contributed by atoms with Crippen LogP contribution in [0.5, 0.6) is 11.5 Å². The average molecular weight is 587 g/mol. The SMILES string of the molecule is CCOC(=O)c1sc(CC(=O)/C(C#N)=C/c2ccc(OCc3ccccc3C#N)c(OCC)c2)c(C(=O)OCC)c1C. The fraction of sp³-hybridized carbons (Fsp3) is 0.281. The standard InChI is InChI=1S/C32H30N2O7S/c1-5-38-27-15-21(12-13-26(27)41-19-23-11-9-8-10-22(23)17-33)14-24(18-34)25(35)16-28-29(31(36)39-6-2)20(4)30(42-28)32(37)40-7-3/h8-15H,5-7,16,19H2,1-4H3/b24-14+. The highest BCUT2D eigenvalue weighted by Gasteiger charge is 2.28. The summed E-state index contributed by atoms with van der Waals surface area (Å²) in [5.74, 6) is -0.941. The maximum Gasteiger partial charge on any atom is 0.348 e. The Morgan fingerprint density at radius 3 is 2.29 bits per heavy atom. The zero-order valence-corrected chi connectivity index (χ0v) is 24.6. The molecule has 0 N–H and O–H groups in total. The Labute approximate surface area is 248 Å². The van der Waals surface area contributed by atoms with Crippen LogP contribution in [0.2, 0.25) is 0 Å². The fourth-order valence-electron chi connectivity index (χ4n) is 4.06. The summed E-state index contributed by atoms with van der Waals surface area (Å²) >= 11 is 0.979. The van der Waals surface area contributed by atoms with Crippen LogP contribution in [0, 0.1) is 29.6 Å². The van der Waals surface area contributed by atoms with Crippen molar-refractivity contribution < 1.29 is 33.3 Å². The molecule has 0 bridgehead atoms. The van der Waals surface area contributed by atoms with Gasteiger partial charge in [0, 0.05) is 16.9 Å². The Bertz CT molecular complexity index is 1590. The first-order chi connectivity index (χ1) is 20.3. The van der Waals surface area contributed by atoms with Gasteiger partial charge in [-0.1, -0.05) is 24.3 Å². The van der Waals surface area contributed by atoms with Gasteiger partial charge in [-0.05, 0) is 63.1 Å². The highest BCUT2D eigenvalue weighted by atomic mass is 32.1. The Hall–Kier alpha value is -4.93. The summed E-state index contributed by atoms with van der Waals surface area (Å²) in [5.41, 5.74) is 2.11. The van der Waals surface area contributed by atoms with Crippen molar-refractivity contribution in [3.63, 3.8) is 0 Å². The van der Waals surface area contributed by atoms with E-state index in [1.165, 1.54) is 6.08 Å². The van der Waals surface area contributed by atoms with Gasteiger partial charge in [0.2, 0.25) is 0 Å². The van der Waals surface area contributed by atoms with Crippen molar-refractivity contribution in [2.24, 2.45) is 0 Å². The van der Waals surface area contributed by atoms with Crippen molar-refractivity contribution in [1.82, 2.24) is 0 Å². The second kappa shape index (κ2) is 15.2. The average Bonchev–Trinajstić information content (AvgIpc) is 3.31. The normalized spacial score (nSPS) is 10.8. The number of thiophene rings is 1. The molecular weight excluding hydrogens is 556 g/mol. The van der Waals surface area contributed by atoms with Crippen LogP contribution < -0.4 is 9.47 Å². The van der Waals surface area contributed by atoms with Gasteiger partial charge in [-0.3, -0.25) is 4.79 Å². The molecule has 0 unspecified atom stereocenters. The van der Waals surface area contributed by atoms with Gasteiger partial charge in [0.05, 0.1) is 42.6 Å². The van der Waals surface area contributed by atoms with Gasteiger partial charge < -0.3 is 18.9 Å². The summed E-state index contributed by atoms with van der Waals surface area (Å²) in [5, 5.41) is 19.1. The second-order valence-corrected chi connectivity index (χ2v) is 9.87. The summed E-state index contributed by atoms with van der Waals surface area (Å²) in [7, 11) is 0. The molecule has 216 valence electrons. The van der Waals surface area contributed by atoms with E-state index in [2.05, 4.69) is 6.07 Å². The van der Waals surface area contributed by atoms with Crippen molar-refractivity contribution in [1.29, 1.82) is 10.5 Å². The number of benzene rings is 2. The molecule has 10 heteroatoms. The van der Waals surface area contributed by atoms with E-state index in [0.717, 1.165) is 16.9 Å². The summed E-state index contributed by atoms with van der Waals surface area (Å²) in [6.45, 7) is 7.51. The van der Waals surface area contributed by atoms with Crippen LogP contribution in [0.3, 0.4) is 0 Å². The molecule has 0 radical (unpaired) electrons. The summed E-state index contributed by atoms with van der Waals surface area (Å²) in [4.78, 5) is 38.9. The third kappa shape index (κ3) is 7.62. The third-order valence-corrected chi connectivity index (χ3v) is 7.27. The lowest BCUT2D eigenvalue weighted by Crippen LogP contribution is -2.12. The van der Waals surface area contributed by atoms with Gasteiger partial charge in [0.25, 0.3) is 0 Å².